The first-order valence-electron chi connectivity index (χ1n) is 6.44. The van der Waals surface area contributed by atoms with E-state index in [9.17, 15) is 0 Å². The van der Waals surface area contributed by atoms with Crippen LogP contribution in [0.2, 0.25) is 0 Å². The van der Waals surface area contributed by atoms with E-state index in [1.807, 2.05) is 19.1 Å². The van der Waals surface area contributed by atoms with Gasteiger partial charge in [-0.3, -0.25) is 0 Å². The molecule has 0 saturated carbocycles. The molecule has 0 aliphatic rings. The van der Waals surface area contributed by atoms with E-state index in [0.717, 1.165) is 22.4 Å². The second-order valence-electron chi connectivity index (χ2n) is 4.76. The molecule has 0 saturated heterocycles. The molecule has 0 amide bonds. The largest absolute Gasteiger partial charge is 0.497 e. The summed E-state index contributed by atoms with van der Waals surface area (Å²) in [5.41, 5.74) is 1.21. The maximum absolute atomic E-state index is 5.29. The third-order valence-electron chi connectivity index (χ3n) is 3.07. The van der Waals surface area contributed by atoms with E-state index < -0.39 is 0 Å². The van der Waals surface area contributed by atoms with E-state index in [2.05, 4.69) is 46.6 Å². The number of rotatable bonds is 6. The maximum Gasteiger partial charge on any atom is 0.205 e. The first-order chi connectivity index (χ1) is 9.60. The molecule has 1 atom stereocenters. The molecule has 0 unspecified atom stereocenters. The fourth-order valence-corrected chi connectivity index (χ4v) is 2.60. The average Bonchev–Trinajstić information content (AvgIpc) is 2.84. The number of aromatic nitrogens is 2. The molecule has 1 heterocycles. The van der Waals surface area contributed by atoms with Gasteiger partial charge < -0.3 is 15.0 Å². The van der Waals surface area contributed by atoms with Crippen molar-refractivity contribution in [3.8, 4) is 5.75 Å². The Balaban J connectivity index is 2.10. The van der Waals surface area contributed by atoms with E-state index in [1.165, 1.54) is 5.56 Å². The normalized spacial score (nSPS) is 12.4. The number of aryl methyl sites for hydroxylation is 1. The molecule has 0 fully saturated rings. The van der Waals surface area contributed by atoms with Crippen LogP contribution in [-0.4, -0.2) is 42.8 Å². The van der Waals surface area contributed by atoms with Gasteiger partial charge in [0.1, 0.15) is 10.8 Å². The average molecular weight is 292 g/mol. The van der Waals surface area contributed by atoms with Crippen LogP contribution < -0.4 is 10.1 Å². The Morgan fingerprint density at radius 3 is 2.75 bits per heavy atom. The Kier molecular flexibility index (Phi) is 4.92. The monoisotopic (exact) mass is 292 g/mol. The molecule has 0 aliphatic carbocycles. The van der Waals surface area contributed by atoms with Crippen molar-refractivity contribution >= 4 is 16.5 Å². The molecule has 1 aromatic carbocycles. The van der Waals surface area contributed by atoms with E-state index in [0.29, 0.717) is 0 Å². The van der Waals surface area contributed by atoms with Crippen LogP contribution in [-0.2, 0) is 0 Å². The van der Waals surface area contributed by atoms with Crippen LogP contribution in [0.5, 0.6) is 5.75 Å². The van der Waals surface area contributed by atoms with Crippen molar-refractivity contribution < 1.29 is 4.74 Å². The van der Waals surface area contributed by atoms with E-state index in [4.69, 9.17) is 4.74 Å². The van der Waals surface area contributed by atoms with Crippen LogP contribution in [0.15, 0.2) is 24.3 Å². The van der Waals surface area contributed by atoms with Gasteiger partial charge in [0.05, 0.1) is 13.2 Å². The third-order valence-corrected chi connectivity index (χ3v) is 3.87. The molecule has 0 aliphatic heterocycles. The summed E-state index contributed by atoms with van der Waals surface area (Å²) in [4.78, 5) is 2.18. The third kappa shape index (κ3) is 3.68. The highest BCUT2D eigenvalue weighted by Gasteiger charge is 2.15. The van der Waals surface area contributed by atoms with Crippen LogP contribution >= 0.6 is 11.3 Å². The molecule has 6 heteroatoms. The first-order valence-corrected chi connectivity index (χ1v) is 7.26. The second kappa shape index (κ2) is 6.67. The number of benzene rings is 1. The lowest BCUT2D eigenvalue weighted by Gasteiger charge is -2.25. The van der Waals surface area contributed by atoms with Crippen LogP contribution in [0.1, 0.15) is 16.6 Å². The van der Waals surface area contributed by atoms with Crippen LogP contribution in [0.4, 0.5) is 5.13 Å². The summed E-state index contributed by atoms with van der Waals surface area (Å²) in [6.07, 6.45) is 0. The van der Waals surface area contributed by atoms with Crippen LogP contribution in [0.3, 0.4) is 0 Å². The summed E-state index contributed by atoms with van der Waals surface area (Å²) in [5.74, 6) is 0.876. The highest BCUT2D eigenvalue weighted by atomic mass is 32.1. The molecule has 108 valence electrons. The number of likely N-dealkylation sites (N-methyl/N-ethyl adjacent to an activating group) is 1. The molecule has 1 aromatic heterocycles. The Bertz CT molecular complexity index is 556. The van der Waals surface area contributed by atoms with E-state index in [1.54, 1.807) is 18.4 Å². The topological polar surface area (TPSA) is 50.3 Å². The summed E-state index contributed by atoms with van der Waals surface area (Å²) in [7, 11) is 5.82. The summed E-state index contributed by atoms with van der Waals surface area (Å²) in [5, 5.41) is 13.3. The quantitative estimate of drug-likeness (QED) is 0.887. The highest BCUT2D eigenvalue weighted by Crippen LogP contribution is 2.24. The Morgan fingerprint density at radius 1 is 1.35 bits per heavy atom. The number of hydrogen-bond donors (Lipinski definition) is 1. The van der Waals surface area contributed by atoms with Gasteiger partial charge >= 0.3 is 0 Å². The van der Waals surface area contributed by atoms with Gasteiger partial charge in [-0.25, -0.2) is 0 Å². The van der Waals surface area contributed by atoms with Crippen LogP contribution in [0, 0.1) is 6.92 Å². The predicted molar refractivity (Wildman–Crippen MR) is 82.6 cm³/mol. The van der Waals surface area contributed by atoms with Gasteiger partial charge in [-0.05, 0) is 38.7 Å². The summed E-state index contributed by atoms with van der Waals surface area (Å²) < 4.78 is 5.29. The van der Waals surface area contributed by atoms with Crippen molar-refractivity contribution in [2.24, 2.45) is 0 Å². The molecule has 0 radical (unpaired) electrons. The summed E-state index contributed by atoms with van der Waals surface area (Å²) in [6.45, 7) is 2.73. The molecule has 2 aromatic rings. The number of anilines is 1. The Hall–Kier alpha value is -1.66. The van der Waals surface area contributed by atoms with Crippen molar-refractivity contribution in [1.29, 1.82) is 0 Å². The Labute approximate surface area is 123 Å². The van der Waals surface area contributed by atoms with E-state index in [-0.39, 0.29) is 6.04 Å². The minimum Gasteiger partial charge on any atom is -0.497 e. The fourth-order valence-electron chi connectivity index (χ4n) is 2.00. The minimum absolute atomic E-state index is 0.245. The van der Waals surface area contributed by atoms with Crippen molar-refractivity contribution in [2.75, 3.05) is 33.1 Å². The van der Waals surface area contributed by atoms with Gasteiger partial charge in [0.2, 0.25) is 5.13 Å². The Morgan fingerprint density at radius 2 is 2.15 bits per heavy atom. The zero-order valence-corrected chi connectivity index (χ0v) is 13.1. The van der Waals surface area contributed by atoms with Crippen molar-refractivity contribution in [1.82, 2.24) is 15.1 Å². The van der Waals surface area contributed by atoms with Crippen molar-refractivity contribution in [3.05, 3.63) is 34.8 Å². The molecule has 0 bridgehead atoms. The SMILES string of the molecule is COc1cccc([C@@H](CNc2nnc(C)s2)N(C)C)c1. The molecule has 5 nitrogen and oxygen atoms in total. The molecule has 0 spiro atoms. The standard InChI is InChI=1S/C14H20N4OS/c1-10-16-17-14(20-10)15-9-13(18(2)3)11-6-5-7-12(8-11)19-4/h5-8,13H,9H2,1-4H3,(H,15,17)/t13-/m1/s1. The number of ether oxygens (including phenoxy) is 1. The maximum atomic E-state index is 5.29. The van der Waals surface area contributed by atoms with Crippen molar-refractivity contribution in [2.45, 2.75) is 13.0 Å². The molecular formula is C14H20N4OS. The van der Waals surface area contributed by atoms with Gasteiger partial charge in [0.25, 0.3) is 0 Å². The van der Waals surface area contributed by atoms with Gasteiger partial charge in [-0.1, -0.05) is 23.5 Å². The molecule has 2 rings (SSSR count). The van der Waals surface area contributed by atoms with Gasteiger partial charge in [-0.2, -0.15) is 0 Å². The number of nitrogens with one attached hydrogen (secondary N) is 1. The summed E-state index contributed by atoms with van der Waals surface area (Å²) >= 11 is 1.57. The summed E-state index contributed by atoms with van der Waals surface area (Å²) in [6, 6.07) is 8.39. The molecule has 20 heavy (non-hydrogen) atoms. The predicted octanol–water partition coefficient (Wildman–Crippen LogP) is 2.57. The molecular weight excluding hydrogens is 272 g/mol. The zero-order valence-electron chi connectivity index (χ0n) is 12.3. The number of methoxy groups -OCH3 is 1. The number of nitrogens with zero attached hydrogens (tertiary/aromatic N) is 3. The number of hydrogen-bond acceptors (Lipinski definition) is 6. The lowest BCUT2D eigenvalue weighted by atomic mass is 10.1. The fraction of sp³-hybridized carbons (Fsp3) is 0.429. The van der Waals surface area contributed by atoms with Crippen LogP contribution in [0.25, 0.3) is 0 Å². The van der Waals surface area contributed by atoms with E-state index >= 15 is 0 Å². The zero-order chi connectivity index (χ0) is 14.5. The van der Waals surface area contributed by atoms with Gasteiger partial charge in [0, 0.05) is 6.54 Å². The van der Waals surface area contributed by atoms with Crippen molar-refractivity contribution in [3.63, 3.8) is 0 Å². The molecule has 1 N–H and O–H groups in total. The lowest BCUT2D eigenvalue weighted by Crippen LogP contribution is -2.26. The second-order valence-corrected chi connectivity index (χ2v) is 5.94. The smallest absolute Gasteiger partial charge is 0.205 e. The minimum atomic E-state index is 0.245. The van der Waals surface area contributed by atoms with Gasteiger partial charge in [-0.15, -0.1) is 10.2 Å². The highest BCUT2D eigenvalue weighted by molar-refractivity contribution is 7.15. The lowest BCUT2D eigenvalue weighted by molar-refractivity contribution is 0.310. The van der Waals surface area contributed by atoms with Gasteiger partial charge in [0.15, 0.2) is 0 Å². The first kappa shape index (κ1) is 14.7.